The van der Waals surface area contributed by atoms with Gasteiger partial charge < -0.3 is 33.8 Å². The fourth-order valence-corrected chi connectivity index (χ4v) is 12.4. The van der Waals surface area contributed by atoms with Crippen LogP contribution in [0.2, 0.25) is 0 Å². The van der Waals surface area contributed by atoms with Crippen molar-refractivity contribution in [2.75, 3.05) is 39.6 Å². The lowest BCUT2D eigenvalue weighted by Gasteiger charge is -2.21. The van der Waals surface area contributed by atoms with Gasteiger partial charge in [0.15, 0.2) is 12.2 Å². The van der Waals surface area contributed by atoms with E-state index in [1.807, 2.05) is 0 Å². The predicted molar refractivity (Wildman–Crippen MR) is 368 cm³/mol. The Morgan fingerprint density at radius 1 is 0.319 bits per heavy atom. The molecule has 0 fully saturated rings. The quantitative estimate of drug-likeness (QED) is 0.0222. The van der Waals surface area contributed by atoms with Crippen LogP contribution in [0, 0.1) is 17.8 Å². The molecule has 0 bridgehead atoms. The standard InChI is InChI=1S/C72H140O17P2/c1-8-10-11-12-13-14-15-16-17-18-19-24-34-41-48-55-71(76)88-67(59-82-69(74)53-46-39-32-23-21-20-22-29-36-43-50-63(3)4)61-86-90(78,79)84-57-66(73)58-85-91(80,81)87-62-68(60-83-70(75)54-47-40-33-27-25-30-37-44-51-64(5)6)89-72(77)56-49-42-35-28-26-31-38-45-52-65(7)9-2/h63-68,73H,8-62H2,1-7H3,(H,78,79)(H,80,81)/t65?,66-,67-,68-/m1/s1. The second-order valence-corrected chi connectivity index (χ2v) is 30.1. The lowest BCUT2D eigenvalue weighted by Crippen LogP contribution is -2.30. The lowest BCUT2D eigenvalue weighted by atomic mass is 9.99. The van der Waals surface area contributed by atoms with Gasteiger partial charge in [-0.15, -0.1) is 0 Å². The first kappa shape index (κ1) is 89.1. The number of unbranched alkanes of at least 4 members (excludes halogenated alkanes) is 37. The van der Waals surface area contributed by atoms with E-state index in [1.165, 1.54) is 173 Å². The summed E-state index contributed by atoms with van der Waals surface area (Å²) in [5.41, 5.74) is 0. The fourth-order valence-electron chi connectivity index (χ4n) is 10.9. The van der Waals surface area contributed by atoms with Crippen LogP contribution >= 0.6 is 15.6 Å². The van der Waals surface area contributed by atoms with Crippen LogP contribution in [0.3, 0.4) is 0 Å². The molecule has 0 amide bonds. The van der Waals surface area contributed by atoms with Crippen molar-refractivity contribution in [1.29, 1.82) is 0 Å². The molecule has 0 radical (unpaired) electrons. The summed E-state index contributed by atoms with van der Waals surface area (Å²) in [5.74, 6) is 0.130. The van der Waals surface area contributed by atoms with Crippen molar-refractivity contribution in [2.45, 2.75) is 381 Å². The van der Waals surface area contributed by atoms with Gasteiger partial charge in [0.1, 0.15) is 19.3 Å². The molecule has 0 aliphatic heterocycles. The Balaban J connectivity index is 5.27. The van der Waals surface area contributed by atoms with Crippen LogP contribution in [0.1, 0.15) is 363 Å². The van der Waals surface area contributed by atoms with E-state index in [1.54, 1.807) is 0 Å². The molecule has 3 unspecified atom stereocenters. The number of carbonyl (C=O) groups excluding carboxylic acids is 4. The molecule has 19 heteroatoms. The van der Waals surface area contributed by atoms with E-state index in [-0.39, 0.29) is 25.7 Å². The third-order valence-corrected chi connectivity index (χ3v) is 18.9. The highest BCUT2D eigenvalue weighted by atomic mass is 31.2. The molecule has 0 spiro atoms. The van der Waals surface area contributed by atoms with Crippen LogP contribution in [-0.4, -0.2) is 96.7 Å². The zero-order chi connectivity index (χ0) is 67.3. The van der Waals surface area contributed by atoms with E-state index in [4.69, 9.17) is 37.0 Å². The van der Waals surface area contributed by atoms with Gasteiger partial charge >= 0.3 is 39.5 Å². The zero-order valence-corrected chi connectivity index (χ0v) is 61.1. The van der Waals surface area contributed by atoms with Gasteiger partial charge in [-0.1, -0.05) is 312 Å². The van der Waals surface area contributed by atoms with Crippen molar-refractivity contribution in [1.82, 2.24) is 0 Å². The molecule has 0 aromatic heterocycles. The summed E-state index contributed by atoms with van der Waals surface area (Å²) in [6.07, 6.45) is 47.1. The molecule has 17 nitrogen and oxygen atoms in total. The number of aliphatic hydroxyl groups excluding tert-OH is 1. The largest absolute Gasteiger partial charge is 0.472 e. The number of aliphatic hydroxyl groups is 1. The maximum Gasteiger partial charge on any atom is 0.472 e. The molecule has 0 aromatic rings. The van der Waals surface area contributed by atoms with Gasteiger partial charge in [-0.25, -0.2) is 9.13 Å². The first-order chi connectivity index (χ1) is 43.8. The van der Waals surface area contributed by atoms with Gasteiger partial charge in [-0.3, -0.25) is 37.3 Å². The molecule has 540 valence electrons. The first-order valence-electron chi connectivity index (χ1n) is 37.4. The number of phosphoric acid groups is 2. The number of phosphoric ester groups is 2. The SMILES string of the molecule is CCCCCCCCCCCCCCCCCC(=O)O[C@H](COC(=O)CCCCCCCCCCCCC(C)C)COP(=O)(O)OC[C@@H](O)COP(=O)(O)OC[C@@H](COC(=O)CCCCCCCCCCC(C)C)OC(=O)CCCCCCCCCCC(C)CC. The number of hydrogen-bond donors (Lipinski definition) is 3. The van der Waals surface area contributed by atoms with Gasteiger partial charge in [0.2, 0.25) is 0 Å². The van der Waals surface area contributed by atoms with Crippen LogP contribution in [0.25, 0.3) is 0 Å². The number of ether oxygens (including phenoxy) is 4. The zero-order valence-electron chi connectivity index (χ0n) is 59.3. The van der Waals surface area contributed by atoms with Gasteiger partial charge in [-0.2, -0.15) is 0 Å². The Morgan fingerprint density at radius 3 is 0.835 bits per heavy atom. The minimum absolute atomic E-state index is 0.104. The average molecular weight is 1340 g/mol. The van der Waals surface area contributed by atoms with Crippen LogP contribution in [-0.2, 0) is 65.4 Å². The molecule has 0 saturated carbocycles. The minimum Gasteiger partial charge on any atom is -0.462 e. The average Bonchev–Trinajstić information content (AvgIpc) is 3.44. The van der Waals surface area contributed by atoms with Crippen molar-refractivity contribution < 1.29 is 80.2 Å². The second-order valence-electron chi connectivity index (χ2n) is 27.2. The molecular weight excluding hydrogens is 1200 g/mol. The van der Waals surface area contributed by atoms with Crippen LogP contribution in [0.15, 0.2) is 0 Å². The maximum atomic E-state index is 13.0. The maximum absolute atomic E-state index is 13.0. The molecule has 0 heterocycles. The normalized spacial score (nSPS) is 14.5. The number of carbonyl (C=O) groups is 4. The highest BCUT2D eigenvalue weighted by molar-refractivity contribution is 7.47. The Hall–Kier alpha value is -1.94. The summed E-state index contributed by atoms with van der Waals surface area (Å²) in [4.78, 5) is 72.7. The van der Waals surface area contributed by atoms with E-state index < -0.39 is 97.5 Å². The van der Waals surface area contributed by atoms with Gasteiger partial charge in [-0.05, 0) is 43.4 Å². The Bertz CT molecular complexity index is 1790. The molecule has 6 atom stereocenters. The van der Waals surface area contributed by atoms with E-state index in [0.717, 1.165) is 108 Å². The summed E-state index contributed by atoms with van der Waals surface area (Å²) in [6, 6.07) is 0. The third-order valence-electron chi connectivity index (χ3n) is 17.0. The summed E-state index contributed by atoms with van der Waals surface area (Å²) in [6.45, 7) is 11.8. The van der Waals surface area contributed by atoms with Crippen molar-refractivity contribution in [3.8, 4) is 0 Å². The van der Waals surface area contributed by atoms with E-state index in [9.17, 15) is 43.2 Å². The molecule has 91 heavy (non-hydrogen) atoms. The minimum atomic E-state index is -4.95. The summed E-state index contributed by atoms with van der Waals surface area (Å²) in [5, 5.41) is 10.6. The van der Waals surface area contributed by atoms with Gasteiger partial charge in [0.25, 0.3) is 0 Å². The van der Waals surface area contributed by atoms with Crippen LogP contribution < -0.4 is 0 Å². The van der Waals surface area contributed by atoms with Gasteiger partial charge in [0, 0.05) is 25.7 Å². The fraction of sp³-hybridized carbons (Fsp3) is 0.944. The number of rotatable bonds is 70. The molecule has 0 aromatic carbocycles. The van der Waals surface area contributed by atoms with E-state index in [0.29, 0.717) is 25.7 Å². The molecule has 0 rings (SSSR count). The molecule has 3 N–H and O–H groups in total. The number of hydrogen-bond acceptors (Lipinski definition) is 15. The van der Waals surface area contributed by atoms with Crippen molar-refractivity contribution in [2.24, 2.45) is 17.8 Å². The molecule has 0 saturated heterocycles. The van der Waals surface area contributed by atoms with Crippen LogP contribution in [0.5, 0.6) is 0 Å². The first-order valence-corrected chi connectivity index (χ1v) is 40.4. The predicted octanol–water partition coefficient (Wildman–Crippen LogP) is 20.6. The molecule has 0 aliphatic carbocycles. The third kappa shape index (κ3) is 65.1. The highest BCUT2D eigenvalue weighted by Gasteiger charge is 2.30. The van der Waals surface area contributed by atoms with Crippen molar-refractivity contribution >= 4 is 39.5 Å². The monoisotopic (exact) mass is 1340 g/mol. The Kier molecular flexibility index (Phi) is 61.5. The highest BCUT2D eigenvalue weighted by Crippen LogP contribution is 2.45. The molecular formula is C72H140O17P2. The Labute approximate surface area is 556 Å². The van der Waals surface area contributed by atoms with Crippen LogP contribution in [0.4, 0.5) is 0 Å². The summed E-state index contributed by atoms with van der Waals surface area (Å²) >= 11 is 0. The topological polar surface area (TPSA) is 237 Å². The Morgan fingerprint density at radius 2 is 0.560 bits per heavy atom. The lowest BCUT2D eigenvalue weighted by molar-refractivity contribution is -0.161. The van der Waals surface area contributed by atoms with Crippen molar-refractivity contribution in [3.63, 3.8) is 0 Å². The number of esters is 4. The van der Waals surface area contributed by atoms with E-state index in [2.05, 4.69) is 48.5 Å². The molecule has 0 aliphatic rings. The van der Waals surface area contributed by atoms with Gasteiger partial charge in [0.05, 0.1) is 26.4 Å². The summed E-state index contributed by atoms with van der Waals surface area (Å²) < 4.78 is 68.4. The van der Waals surface area contributed by atoms with E-state index >= 15 is 0 Å². The summed E-state index contributed by atoms with van der Waals surface area (Å²) in [7, 11) is -9.91. The smallest absolute Gasteiger partial charge is 0.462 e. The van der Waals surface area contributed by atoms with Crippen molar-refractivity contribution in [3.05, 3.63) is 0 Å². The second kappa shape index (κ2) is 62.8.